The van der Waals surface area contributed by atoms with Crippen molar-refractivity contribution in [3.8, 4) is 5.75 Å². The van der Waals surface area contributed by atoms with E-state index in [1.165, 1.54) is 0 Å². The third-order valence-electron chi connectivity index (χ3n) is 3.55. The molecule has 3 rings (SSSR count). The first-order valence-corrected chi connectivity index (χ1v) is 7.17. The lowest BCUT2D eigenvalue weighted by Crippen LogP contribution is -2.05. The molecular weight excluding hydrogens is 262 g/mol. The van der Waals surface area contributed by atoms with E-state index in [0.29, 0.717) is 13.2 Å². The molecule has 2 aromatic carbocycles. The molecule has 0 unspecified atom stereocenters. The topological polar surface area (TPSA) is 53.1 Å². The first-order chi connectivity index (χ1) is 10.3. The van der Waals surface area contributed by atoms with Crippen molar-refractivity contribution in [2.75, 3.05) is 0 Å². The zero-order valence-corrected chi connectivity index (χ0v) is 12.1. The minimum absolute atomic E-state index is 0.463. The maximum atomic E-state index is 5.81. The van der Waals surface area contributed by atoms with Crippen LogP contribution in [0.5, 0.6) is 5.75 Å². The van der Waals surface area contributed by atoms with Crippen molar-refractivity contribution >= 4 is 11.0 Å². The van der Waals surface area contributed by atoms with Crippen molar-refractivity contribution in [3.63, 3.8) is 0 Å². The van der Waals surface area contributed by atoms with Gasteiger partial charge in [0.05, 0.1) is 11.0 Å². The van der Waals surface area contributed by atoms with Crippen molar-refractivity contribution in [2.24, 2.45) is 5.73 Å². The van der Waals surface area contributed by atoms with Crippen LogP contribution in [0.4, 0.5) is 0 Å². The van der Waals surface area contributed by atoms with Gasteiger partial charge in [0.2, 0.25) is 0 Å². The quantitative estimate of drug-likeness (QED) is 0.782. The highest BCUT2D eigenvalue weighted by Crippen LogP contribution is 2.19. The third-order valence-corrected chi connectivity index (χ3v) is 3.55. The van der Waals surface area contributed by atoms with Gasteiger partial charge in [-0.1, -0.05) is 24.3 Å². The van der Waals surface area contributed by atoms with E-state index < -0.39 is 0 Å². The van der Waals surface area contributed by atoms with Crippen LogP contribution in [0, 0.1) is 0 Å². The van der Waals surface area contributed by atoms with Crippen LogP contribution >= 0.6 is 0 Å². The van der Waals surface area contributed by atoms with Crippen molar-refractivity contribution < 1.29 is 4.74 Å². The van der Waals surface area contributed by atoms with Gasteiger partial charge in [0.15, 0.2) is 0 Å². The lowest BCUT2D eigenvalue weighted by Gasteiger charge is -2.08. The number of nitrogens with zero attached hydrogens (tertiary/aromatic N) is 2. The van der Waals surface area contributed by atoms with Crippen LogP contribution in [0.3, 0.4) is 0 Å². The van der Waals surface area contributed by atoms with Gasteiger partial charge in [-0.15, -0.1) is 0 Å². The Hall–Kier alpha value is -2.33. The summed E-state index contributed by atoms with van der Waals surface area (Å²) < 4.78 is 7.99. The number of ether oxygens (including phenoxy) is 1. The summed E-state index contributed by atoms with van der Waals surface area (Å²) in [6.45, 7) is 3.98. The van der Waals surface area contributed by atoms with Gasteiger partial charge in [-0.25, -0.2) is 4.98 Å². The fraction of sp³-hybridized carbons (Fsp3) is 0.235. The Morgan fingerprint density at radius 2 is 1.95 bits per heavy atom. The molecule has 0 spiro atoms. The average Bonchev–Trinajstić information content (AvgIpc) is 2.90. The maximum absolute atomic E-state index is 5.81. The van der Waals surface area contributed by atoms with Gasteiger partial charge in [-0.3, -0.25) is 0 Å². The molecule has 0 fully saturated rings. The second-order valence-electron chi connectivity index (χ2n) is 4.90. The number of benzene rings is 2. The summed E-state index contributed by atoms with van der Waals surface area (Å²) in [7, 11) is 0. The molecule has 1 heterocycles. The molecule has 0 aliphatic carbocycles. The molecule has 108 valence electrons. The van der Waals surface area contributed by atoms with Crippen LogP contribution < -0.4 is 10.5 Å². The second kappa shape index (κ2) is 5.97. The molecular formula is C17H19N3O. The zero-order chi connectivity index (χ0) is 14.7. The Kier molecular flexibility index (Phi) is 3.88. The molecule has 21 heavy (non-hydrogen) atoms. The molecule has 0 aliphatic heterocycles. The predicted octanol–water partition coefficient (Wildman–Crippen LogP) is 3.09. The number of aryl methyl sites for hydroxylation is 1. The van der Waals surface area contributed by atoms with E-state index in [1.54, 1.807) is 0 Å². The van der Waals surface area contributed by atoms with E-state index in [0.717, 1.165) is 34.7 Å². The minimum atomic E-state index is 0.463. The van der Waals surface area contributed by atoms with Crippen LogP contribution in [0.25, 0.3) is 11.0 Å². The molecule has 3 aromatic rings. The smallest absolute Gasteiger partial charge is 0.147 e. The lowest BCUT2D eigenvalue weighted by atomic mass is 10.2. The van der Waals surface area contributed by atoms with Crippen LogP contribution in [0.2, 0.25) is 0 Å². The molecule has 0 aliphatic rings. The van der Waals surface area contributed by atoms with Crippen LogP contribution in [0.15, 0.2) is 48.5 Å². The third kappa shape index (κ3) is 2.76. The SMILES string of the molecule is CCn1c(COc2ccccc2)nc2cc(CN)ccc21. The molecule has 0 radical (unpaired) electrons. The Labute approximate surface area is 124 Å². The number of fused-ring (bicyclic) bond motifs is 1. The number of nitrogens with two attached hydrogens (primary N) is 1. The van der Waals surface area contributed by atoms with Gasteiger partial charge >= 0.3 is 0 Å². The average molecular weight is 281 g/mol. The molecule has 2 N–H and O–H groups in total. The molecule has 0 bridgehead atoms. The number of aromatic nitrogens is 2. The Balaban J connectivity index is 1.90. The Morgan fingerprint density at radius 1 is 1.14 bits per heavy atom. The van der Waals surface area contributed by atoms with Crippen LogP contribution in [0.1, 0.15) is 18.3 Å². The normalized spacial score (nSPS) is 11.0. The number of hydrogen-bond donors (Lipinski definition) is 1. The Morgan fingerprint density at radius 3 is 2.67 bits per heavy atom. The predicted molar refractivity (Wildman–Crippen MR) is 84.1 cm³/mol. The Bertz CT molecular complexity index is 734. The number of imidazole rings is 1. The highest BCUT2D eigenvalue weighted by atomic mass is 16.5. The summed E-state index contributed by atoms with van der Waals surface area (Å²) in [6.07, 6.45) is 0. The summed E-state index contributed by atoms with van der Waals surface area (Å²) in [5.74, 6) is 1.79. The monoisotopic (exact) mass is 281 g/mol. The fourth-order valence-electron chi connectivity index (χ4n) is 2.48. The van der Waals surface area contributed by atoms with E-state index in [-0.39, 0.29) is 0 Å². The molecule has 0 saturated heterocycles. The number of para-hydroxylation sites is 1. The molecule has 0 amide bonds. The van der Waals surface area contributed by atoms with Gasteiger partial charge < -0.3 is 15.0 Å². The highest BCUT2D eigenvalue weighted by Gasteiger charge is 2.10. The van der Waals surface area contributed by atoms with Gasteiger partial charge in [0.25, 0.3) is 0 Å². The van der Waals surface area contributed by atoms with E-state index >= 15 is 0 Å². The second-order valence-corrected chi connectivity index (χ2v) is 4.90. The molecule has 0 atom stereocenters. The van der Waals surface area contributed by atoms with Gasteiger partial charge in [0.1, 0.15) is 18.2 Å². The molecule has 0 saturated carbocycles. The largest absolute Gasteiger partial charge is 0.486 e. The van der Waals surface area contributed by atoms with Gasteiger partial charge in [-0.2, -0.15) is 0 Å². The molecule has 4 nitrogen and oxygen atoms in total. The van der Waals surface area contributed by atoms with E-state index in [4.69, 9.17) is 10.5 Å². The lowest BCUT2D eigenvalue weighted by molar-refractivity contribution is 0.291. The van der Waals surface area contributed by atoms with Crippen molar-refractivity contribution in [1.82, 2.24) is 9.55 Å². The van der Waals surface area contributed by atoms with E-state index in [1.807, 2.05) is 36.4 Å². The summed E-state index contributed by atoms with van der Waals surface area (Å²) in [5.41, 5.74) is 8.89. The van der Waals surface area contributed by atoms with Crippen molar-refractivity contribution in [1.29, 1.82) is 0 Å². The summed E-state index contributed by atoms with van der Waals surface area (Å²) in [4.78, 5) is 4.69. The van der Waals surface area contributed by atoms with E-state index in [2.05, 4.69) is 28.6 Å². The summed E-state index contributed by atoms with van der Waals surface area (Å²) >= 11 is 0. The van der Waals surface area contributed by atoms with Crippen LogP contribution in [-0.4, -0.2) is 9.55 Å². The first kappa shape index (κ1) is 13.6. The van der Waals surface area contributed by atoms with Crippen molar-refractivity contribution in [3.05, 3.63) is 59.9 Å². The van der Waals surface area contributed by atoms with Gasteiger partial charge in [0, 0.05) is 13.1 Å². The molecule has 1 aromatic heterocycles. The number of hydrogen-bond acceptors (Lipinski definition) is 3. The summed E-state index contributed by atoms with van der Waals surface area (Å²) in [6, 6.07) is 16.0. The summed E-state index contributed by atoms with van der Waals surface area (Å²) in [5, 5.41) is 0. The highest BCUT2D eigenvalue weighted by molar-refractivity contribution is 5.77. The first-order valence-electron chi connectivity index (χ1n) is 7.17. The van der Waals surface area contributed by atoms with Gasteiger partial charge in [-0.05, 0) is 36.8 Å². The minimum Gasteiger partial charge on any atom is -0.486 e. The number of rotatable bonds is 5. The zero-order valence-electron chi connectivity index (χ0n) is 12.1. The van der Waals surface area contributed by atoms with Crippen molar-refractivity contribution in [2.45, 2.75) is 26.6 Å². The van der Waals surface area contributed by atoms with Crippen LogP contribution in [-0.2, 0) is 19.7 Å². The fourth-order valence-corrected chi connectivity index (χ4v) is 2.48. The van der Waals surface area contributed by atoms with E-state index in [9.17, 15) is 0 Å². The maximum Gasteiger partial charge on any atom is 0.147 e. The standard InChI is InChI=1S/C17H19N3O/c1-2-20-16-9-8-13(11-18)10-15(16)19-17(20)12-21-14-6-4-3-5-7-14/h3-10H,2,11-12,18H2,1H3. The molecule has 4 heteroatoms.